The van der Waals surface area contributed by atoms with Crippen molar-refractivity contribution < 1.29 is 13.9 Å². The third-order valence-corrected chi connectivity index (χ3v) is 5.33. The second-order valence-corrected chi connectivity index (χ2v) is 7.11. The molecular weight excluding hydrogens is 380 g/mol. The summed E-state index contributed by atoms with van der Waals surface area (Å²) in [5.74, 6) is -2.44. The molecule has 9 heteroatoms. The summed E-state index contributed by atoms with van der Waals surface area (Å²) in [4.78, 5) is 18.0. The zero-order chi connectivity index (χ0) is 20.5. The normalized spacial score (nSPS) is 15.3. The Labute approximate surface area is 166 Å². The Morgan fingerprint density at radius 3 is 2.52 bits per heavy atom. The molecular formula is C20H23F2N5O2. The van der Waals surface area contributed by atoms with Crippen molar-refractivity contribution in [3.05, 3.63) is 45.8 Å². The highest BCUT2D eigenvalue weighted by atomic mass is 19.1. The summed E-state index contributed by atoms with van der Waals surface area (Å²) in [6.45, 7) is 6.78. The third-order valence-electron chi connectivity index (χ3n) is 5.33. The number of aromatic amines is 1. The van der Waals surface area contributed by atoms with Crippen LogP contribution in [0.15, 0.2) is 23.0 Å². The van der Waals surface area contributed by atoms with Crippen LogP contribution >= 0.6 is 0 Å². The second-order valence-electron chi connectivity index (χ2n) is 7.11. The van der Waals surface area contributed by atoms with Gasteiger partial charge in [-0.05, 0) is 18.6 Å². The Morgan fingerprint density at radius 1 is 1.17 bits per heavy atom. The van der Waals surface area contributed by atoms with E-state index in [0.717, 1.165) is 44.9 Å². The number of nitrogens with zero attached hydrogens (tertiary/aromatic N) is 3. The van der Waals surface area contributed by atoms with Crippen molar-refractivity contribution >= 4 is 11.0 Å². The predicted octanol–water partition coefficient (Wildman–Crippen LogP) is 1.84. The van der Waals surface area contributed by atoms with Crippen molar-refractivity contribution in [2.24, 2.45) is 0 Å². The molecule has 0 atom stereocenters. The highest BCUT2D eigenvalue weighted by molar-refractivity contribution is 5.84. The van der Waals surface area contributed by atoms with E-state index in [1.165, 1.54) is 6.07 Å². The van der Waals surface area contributed by atoms with E-state index in [1.54, 1.807) is 4.68 Å². The van der Waals surface area contributed by atoms with E-state index in [2.05, 4.69) is 20.3 Å². The average Bonchev–Trinajstić information content (AvgIpc) is 3.08. The second kappa shape index (κ2) is 7.92. The number of rotatable bonds is 5. The number of hydrogen-bond donors (Lipinski definition) is 3. The number of halogens is 2. The zero-order valence-electron chi connectivity index (χ0n) is 16.1. The van der Waals surface area contributed by atoms with Gasteiger partial charge in [-0.1, -0.05) is 13.0 Å². The van der Waals surface area contributed by atoms with Gasteiger partial charge in [0.05, 0.1) is 28.9 Å². The molecule has 3 heterocycles. The largest absolute Gasteiger partial charge is 0.503 e. The molecule has 0 unspecified atom stereocenters. The molecule has 0 radical (unpaired) electrons. The lowest BCUT2D eigenvalue weighted by Gasteiger charge is -2.27. The predicted molar refractivity (Wildman–Crippen MR) is 106 cm³/mol. The van der Waals surface area contributed by atoms with Crippen LogP contribution in [0.1, 0.15) is 12.6 Å². The molecule has 154 valence electrons. The van der Waals surface area contributed by atoms with Gasteiger partial charge in [0.1, 0.15) is 17.3 Å². The maximum atomic E-state index is 14.3. The third kappa shape index (κ3) is 3.51. The van der Waals surface area contributed by atoms with Gasteiger partial charge in [-0.3, -0.25) is 9.69 Å². The van der Waals surface area contributed by atoms with Crippen LogP contribution in [0.4, 0.5) is 8.78 Å². The molecule has 29 heavy (non-hydrogen) atoms. The molecule has 0 spiro atoms. The fraction of sp³-hybridized carbons (Fsp3) is 0.400. The molecule has 0 amide bonds. The summed E-state index contributed by atoms with van der Waals surface area (Å²) < 4.78 is 30.3. The monoisotopic (exact) mass is 403 g/mol. The minimum atomic E-state index is -0.863. The van der Waals surface area contributed by atoms with Gasteiger partial charge in [0, 0.05) is 32.7 Å². The van der Waals surface area contributed by atoms with Crippen molar-refractivity contribution in [2.75, 3.05) is 32.7 Å². The fourth-order valence-electron chi connectivity index (χ4n) is 3.78. The van der Waals surface area contributed by atoms with Crippen LogP contribution in [0.25, 0.3) is 22.3 Å². The number of hydrogen-bond acceptors (Lipinski definition) is 5. The van der Waals surface area contributed by atoms with E-state index in [0.29, 0.717) is 24.3 Å². The number of aryl methyl sites for hydroxylation is 1. The van der Waals surface area contributed by atoms with Crippen LogP contribution in [0.3, 0.4) is 0 Å². The summed E-state index contributed by atoms with van der Waals surface area (Å²) >= 11 is 0. The standard InChI is InChI=1S/C20H23F2N5O2/c1-2-14-16-18(28)19(29)17(15-12(21)4-3-5-13(15)22)24-20(16)27(25-14)11-10-26-8-6-23-7-9-26/h3-5,23,29H,2,6-11H2,1H3,(H,24,28). The van der Waals surface area contributed by atoms with Crippen LogP contribution in [-0.4, -0.2) is 57.5 Å². The Balaban J connectivity index is 1.83. The lowest BCUT2D eigenvalue weighted by molar-refractivity contribution is 0.230. The Kier molecular flexibility index (Phi) is 5.33. The van der Waals surface area contributed by atoms with Crippen LogP contribution in [0, 0.1) is 11.6 Å². The van der Waals surface area contributed by atoms with E-state index >= 15 is 0 Å². The van der Waals surface area contributed by atoms with E-state index < -0.39 is 28.4 Å². The molecule has 1 aromatic carbocycles. The molecule has 1 aliphatic rings. The summed E-state index contributed by atoms with van der Waals surface area (Å²) in [7, 11) is 0. The minimum absolute atomic E-state index is 0.255. The van der Waals surface area contributed by atoms with Gasteiger partial charge in [-0.2, -0.15) is 5.10 Å². The first-order valence-corrected chi connectivity index (χ1v) is 9.73. The lowest BCUT2D eigenvalue weighted by atomic mass is 10.1. The number of piperazine rings is 1. The molecule has 3 aromatic rings. The van der Waals surface area contributed by atoms with Crippen molar-refractivity contribution in [3.8, 4) is 17.0 Å². The SMILES string of the molecule is CCc1nn(CCN2CCNCC2)c2[nH]c(-c3c(F)cccc3F)c(O)c(=O)c12. The van der Waals surface area contributed by atoms with Crippen molar-refractivity contribution in [1.29, 1.82) is 0 Å². The van der Waals surface area contributed by atoms with E-state index in [1.807, 2.05) is 6.92 Å². The van der Waals surface area contributed by atoms with Crippen LogP contribution in [-0.2, 0) is 13.0 Å². The van der Waals surface area contributed by atoms with E-state index in [-0.39, 0.29) is 11.1 Å². The number of fused-ring (bicyclic) bond motifs is 1. The van der Waals surface area contributed by atoms with Gasteiger partial charge < -0.3 is 15.4 Å². The van der Waals surface area contributed by atoms with E-state index in [9.17, 15) is 18.7 Å². The number of aromatic hydroxyl groups is 1. The molecule has 1 aliphatic heterocycles. The molecule has 1 fully saturated rings. The molecule has 1 saturated heterocycles. The zero-order valence-corrected chi connectivity index (χ0v) is 16.1. The van der Waals surface area contributed by atoms with Crippen LogP contribution < -0.4 is 10.7 Å². The molecule has 7 nitrogen and oxygen atoms in total. The van der Waals surface area contributed by atoms with Gasteiger partial charge >= 0.3 is 0 Å². The molecule has 0 aliphatic carbocycles. The molecule has 0 saturated carbocycles. The Morgan fingerprint density at radius 2 is 1.86 bits per heavy atom. The van der Waals surface area contributed by atoms with E-state index in [4.69, 9.17) is 0 Å². The van der Waals surface area contributed by atoms with Gasteiger partial charge in [0.25, 0.3) is 0 Å². The first kappa shape index (κ1) is 19.5. The Bertz CT molecular complexity index is 1080. The van der Waals surface area contributed by atoms with Crippen molar-refractivity contribution in [2.45, 2.75) is 19.9 Å². The summed E-state index contributed by atoms with van der Waals surface area (Å²) in [5, 5.41) is 18.5. The van der Waals surface area contributed by atoms with Crippen molar-refractivity contribution in [1.82, 2.24) is 25.0 Å². The first-order valence-electron chi connectivity index (χ1n) is 9.73. The Hall–Kier alpha value is -2.78. The lowest BCUT2D eigenvalue weighted by Crippen LogP contribution is -2.44. The summed E-state index contributed by atoms with van der Waals surface area (Å²) in [5.41, 5.74) is -0.516. The van der Waals surface area contributed by atoms with Crippen LogP contribution in [0.2, 0.25) is 0 Å². The van der Waals surface area contributed by atoms with Gasteiger partial charge in [0.15, 0.2) is 5.75 Å². The first-order chi connectivity index (χ1) is 14.0. The maximum absolute atomic E-state index is 14.3. The van der Waals surface area contributed by atoms with Gasteiger partial charge in [0.2, 0.25) is 5.43 Å². The molecule has 2 aromatic heterocycles. The summed E-state index contributed by atoms with van der Waals surface area (Å²) in [6, 6.07) is 3.40. The number of pyridine rings is 1. The molecule has 3 N–H and O–H groups in total. The fourth-order valence-corrected chi connectivity index (χ4v) is 3.78. The highest BCUT2D eigenvalue weighted by Gasteiger charge is 2.23. The molecule has 4 rings (SSSR count). The quantitative estimate of drug-likeness (QED) is 0.605. The van der Waals surface area contributed by atoms with Crippen molar-refractivity contribution in [3.63, 3.8) is 0 Å². The smallest absolute Gasteiger partial charge is 0.235 e. The number of H-pyrrole nitrogens is 1. The topological polar surface area (TPSA) is 86.2 Å². The van der Waals surface area contributed by atoms with Gasteiger partial charge in [-0.15, -0.1) is 0 Å². The summed E-state index contributed by atoms with van der Waals surface area (Å²) in [6.07, 6.45) is 0.493. The minimum Gasteiger partial charge on any atom is -0.503 e. The van der Waals surface area contributed by atoms with Gasteiger partial charge in [-0.25, -0.2) is 13.5 Å². The number of nitrogens with one attached hydrogen (secondary N) is 2. The van der Waals surface area contributed by atoms with Crippen LogP contribution in [0.5, 0.6) is 5.75 Å². The number of benzene rings is 1. The average molecular weight is 403 g/mol. The number of aromatic nitrogens is 3. The maximum Gasteiger partial charge on any atom is 0.235 e. The molecule has 0 bridgehead atoms. The highest BCUT2D eigenvalue weighted by Crippen LogP contribution is 2.31.